The second-order valence-corrected chi connectivity index (χ2v) is 6.70. The van der Waals surface area contributed by atoms with Crippen LogP contribution < -0.4 is 0 Å². The third-order valence-corrected chi connectivity index (χ3v) is 4.30. The second-order valence-electron chi connectivity index (χ2n) is 5.83. The normalized spacial score (nSPS) is 12.8. The smallest absolute Gasteiger partial charge is 0.298 e. The number of carbonyl (C=O) groups excluding carboxylic acids is 1. The van der Waals surface area contributed by atoms with Gasteiger partial charge in [0.05, 0.1) is 5.69 Å². The highest BCUT2D eigenvalue weighted by Gasteiger charge is 2.45. The van der Waals surface area contributed by atoms with Crippen molar-refractivity contribution >= 4 is 29.0 Å². The first kappa shape index (κ1) is 19.4. The number of benzene rings is 2. The molecule has 0 fully saturated rings. The second kappa shape index (κ2) is 7.70. The van der Waals surface area contributed by atoms with E-state index in [-0.39, 0.29) is 22.0 Å². The number of hydrogen-bond acceptors (Lipinski definition) is 3. The Hall–Kier alpha value is -2.38. The van der Waals surface area contributed by atoms with Gasteiger partial charge in [0, 0.05) is 16.5 Å². The van der Waals surface area contributed by atoms with Crippen LogP contribution in [-0.4, -0.2) is 26.7 Å². The van der Waals surface area contributed by atoms with Gasteiger partial charge >= 0.3 is 6.18 Å². The number of rotatable bonds is 5. The molecule has 9 heteroatoms. The summed E-state index contributed by atoms with van der Waals surface area (Å²) in [5.41, 5.74) is 0.855. The Labute approximate surface area is 162 Å². The highest BCUT2D eigenvalue weighted by atomic mass is 35.5. The van der Waals surface area contributed by atoms with Crippen molar-refractivity contribution in [2.45, 2.75) is 18.5 Å². The summed E-state index contributed by atoms with van der Waals surface area (Å²) >= 11 is 11.6. The number of nitrogens with zero attached hydrogens (tertiary/aromatic N) is 3. The molecular weight excluding hydrogens is 402 g/mol. The number of carbonyl (C=O) groups is 1. The zero-order chi connectivity index (χ0) is 19.6. The molecule has 0 saturated heterocycles. The van der Waals surface area contributed by atoms with Gasteiger partial charge in [-0.05, 0) is 41.5 Å². The third kappa shape index (κ3) is 4.67. The number of alkyl halides is 3. The van der Waals surface area contributed by atoms with Gasteiger partial charge in [-0.25, -0.2) is 9.67 Å². The monoisotopic (exact) mass is 413 g/mol. The molecule has 0 bridgehead atoms. The Morgan fingerprint density at radius 1 is 1.07 bits per heavy atom. The molecule has 0 aliphatic rings. The summed E-state index contributed by atoms with van der Waals surface area (Å²) in [4.78, 5) is 16.3. The number of aromatic nitrogens is 3. The van der Waals surface area contributed by atoms with Gasteiger partial charge in [-0.2, -0.15) is 18.3 Å². The first-order valence-corrected chi connectivity index (χ1v) is 8.49. The highest BCUT2D eigenvalue weighted by molar-refractivity contribution is 6.34. The van der Waals surface area contributed by atoms with E-state index in [9.17, 15) is 18.0 Å². The minimum atomic E-state index is -4.76. The van der Waals surface area contributed by atoms with E-state index in [0.29, 0.717) is 11.3 Å². The van der Waals surface area contributed by atoms with E-state index >= 15 is 0 Å². The van der Waals surface area contributed by atoms with Gasteiger partial charge in [-0.15, -0.1) is 0 Å². The molecule has 0 aliphatic heterocycles. The first-order valence-electron chi connectivity index (χ1n) is 7.73. The predicted octanol–water partition coefficient (Wildman–Crippen LogP) is 5.03. The highest BCUT2D eigenvalue weighted by Crippen LogP contribution is 2.38. The molecule has 0 aliphatic carbocycles. The van der Waals surface area contributed by atoms with Crippen molar-refractivity contribution in [1.29, 1.82) is 0 Å². The average molecular weight is 414 g/mol. The third-order valence-electron chi connectivity index (χ3n) is 3.87. The molecule has 0 saturated carbocycles. The number of Topliss-reactive ketones (excluding diaryl/α,β-unsaturated/α-hetero) is 1. The van der Waals surface area contributed by atoms with E-state index in [1.807, 2.05) is 0 Å². The van der Waals surface area contributed by atoms with Crippen LogP contribution in [0, 0.1) is 0 Å². The SMILES string of the molecule is O=C(Cc1ccc(-n2cncn2)cc1)C(c1cc(Cl)cc(Cl)c1)C(F)(F)F. The molecule has 140 valence electrons. The maximum absolute atomic E-state index is 13.5. The van der Waals surface area contributed by atoms with Gasteiger partial charge in [0.25, 0.3) is 0 Å². The van der Waals surface area contributed by atoms with Gasteiger partial charge in [0.1, 0.15) is 18.6 Å². The fourth-order valence-corrected chi connectivity index (χ4v) is 3.25. The maximum atomic E-state index is 13.5. The van der Waals surface area contributed by atoms with Crippen molar-refractivity contribution in [3.8, 4) is 5.69 Å². The maximum Gasteiger partial charge on any atom is 0.402 e. The summed E-state index contributed by atoms with van der Waals surface area (Å²) in [6.07, 6.45) is -2.29. The lowest BCUT2D eigenvalue weighted by Gasteiger charge is -2.20. The van der Waals surface area contributed by atoms with Crippen LogP contribution in [0.3, 0.4) is 0 Å². The van der Waals surface area contributed by atoms with Crippen LogP contribution >= 0.6 is 23.2 Å². The van der Waals surface area contributed by atoms with E-state index in [0.717, 1.165) is 12.1 Å². The Balaban J connectivity index is 1.85. The van der Waals surface area contributed by atoms with E-state index in [1.165, 1.54) is 23.4 Å². The summed E-state index contributed by atoms with van der Waals surface area (Å²) in [5.74, 6) is -3.29. The van der Waals surface area contributed by atoms with Crippen molar-refractivity contribution in [3.63, 3.8) is 0 Å². The first-order chi connectivity index (χ1) is 12.7. The van der Waals surface area contributed by atoms with E-state index in [1.54, 1.807) is 24.3 Å². The lowest BCUT2D eigenvalue weighted by molar-refractivity contribution is -0.163. The molecule has 0 spiro atoms. The number of ketones is 1. The Bertz CT molecular complexity index is 921. The molecule has 0 N–H and O–H groups in total. The molecule has 1 atom stereocenters. The molecule has 3 rings (SSSR count). The van der Waals surface area contributed by atoms with Crippen LogP contribution in [0.4, 0.5) is 13.2 Å². The van der Waals surface area contributed by atoms with E-state index in [2.05, 4.69) is 10.1 Å². The van der Waals surface area contributed by atoms with Crippen molar-refractivity contribution < 1.29 is 18.0 Å². The largest absolute Gasteiger partial charge is 0.402 e. The predicted molar refractivity (Wildman–Crippen MR) is 95.3 cm³/mol. The van der Waals surface area contributed by atoms with Crippen LogP contribution in [0.2, 0.25) is 10.0 Å². The van der Waals surface area contributed by atoms with Crippen molar-refractivity contribution in [2.75, 3.05) is 0 Å². The molecule has 1 unspecified atom stereocenters. The quantitative estimate of drug-likeness (QED) is 0.589. The molecule has 3 aromatic rings. The van der Waals surface area contributed by atoms with E-state index < -0.39 is 17.9 Å². The van der Waals surface area contributed by atoms with Crippen LogP contribution in [0.1, 0.15) is 17.0 Å². The minimum absolute atomic E-state index is 0.0386. The molecule has 27 heavy (non-hydrogen) atoms. The van der Waals surface area contributed by atoms with Gasteiger partial charge < -0.3 is 0 Å². The summed E-state index contributed by atoms with van der Waals surface area (Å²) in [6, 6.07) is 9.98. The minimum Gasteiger partial charge on any atom is -0.298 e. The molecule has 1 aromatic heterocycles. The Kier molecular flexibility index (Phi) is 5.53. The molecule has 0 radical (unpaired) electrons. The number of halogens is 5. The van der Waals surface area contributed by atoms with Crippen molar-refractivity contribution in [3.05, 3.63) is 76.3 Å². The molecule has 1 heterocycles. The fraction of sp³-hybridized carbons (Fsp3) is 0.167. The van der Waals surface area contributed by atoms with Gasteiger partial charge in [0.2, 0.25) is 0 Å². The topological polar surface area (TPSA) is 47.8 Å². The van der Waals surface area contributed by atoms with Crippen LogP contribution in [0.25, 0.3) is 5.69 Å². The van der Waals surface area contributed by atoms with Crippen molar-refractivity contribution in [1.82, 2.24) is 14.8 Å². The Morgan fingerprint density at radius 3 is 2.22 bits per heavy atom. The van der Waals surface area contributed by atoms with Crippen LogP contribution in [-0.2, 0) is 11.2 Å². The zero-order valence-electron chi connectivity index (χ0n) is 13.6. The molecule has 2 aromatic carbocycles. The number of hydrogen-bond donors (Lipinski definition) is 0. The fourth-order valence-electron chi connectivity index (χ4n) is 2.71. The summed E-state index contributed by atoms with van der Waals surface area (Å²) in [5, 5.41) is 4.04. The standard InChI is InChI=1S/C18H12Cl2F3N3O/c19-13-6-12(7-14(20)8-13)17(18(21,22)23)16(27)5-11-1-3-15(4-2-11)26-10-24-9-25-26/h1-4,6-10,17H,5H2. The molecule has 4 nitrogen and oxygen atoms in total. The zero-order valence-corrected chi connectivity index (χ0v) is 15.1. The molecular formula is C18H12Cl2F3N3O. The van der Waals surface area contributed by atoms with Gasteiger partial charge in [-0.3, -0.25) is 4.79 Å². The summed E-state index contributed by atoms with van der Waals surface area (Å²) in [7, 11) is 0. The lowest BCUT2D eigenvalue weighted by atomic mass is 9.90. The van der Waals surface area contributed by atoms with Crippen LogP contribution in [0.15, 0.2) is 55.1 Å². The summed E-state index contributed by atoms with van der Waals surface area (Å²) < 4.78 is 42.1. The van der Waals surface area contributed by atoms with E-state index in [4.69, 9.17) is 23.2 Å². The average Bonchev–Trinajstić information content (AvgIpc) is 3.07. The van der Waals surface area contributed by atoms with Crippen LogP contribution in [0.5, 0.6) is 0 Å². The molecule has 0 amide bonds. The van der Waals surface area contributed by atoms with Gasteiger partial charge in [-0.1, -0.05) is 35.3 Å². The lowest BCUT2D eigenvalue weighted by Crippen LogP contribution is -2.29. The summed E-state index contributed by atoms with van der Waals surface area (Å²) in [6.45, 7) is 0. The van der Waals surface area contributed by atoms with Gasteiger partial charge in [0.15, 0.2) is 5.78 Å². The van der Waals surface area contributed by atoms with Crippen molar-refractivity contribution in [2.24, 2.45) is 0 Å². The Morgan fingerprint density at radius 2 is 1.70 bits per heavy atom.